The molecule has 0 saturated carbocycles. The fraction of sp³-hybridized carbons (Fsp3) is 0.417. The molecule has 0 unspecified atom stereocenters. The third kappa shape index (κ3) is 2.64. The van der Waals surface area contributed by atoms with Gasteiger partial charge < -0.3 is 10.5 Å². The second kappa shape index (κ2) is 5.24. The van der Waals surface area contributed by atoms with Crippen molar-refractivity contribution in [2.75, 3.05) is 12.4 Å². The Labute approximate surface area is 108 Å². The molecule has 0 aliphatic carbocycles. The first-order valence-electron chi connectivity index (χ1n) is 5.49. The van der Waals surface area contributed by atoms with Crippen LogP contribution in [-0.4, -0.2) is 35.5 Å². The average molecular weight is 273 g/mol. The molecule has 1 saturated heterocycles. The van der Waals surface area contributed by atoms with E-state index in [1.54, 1.807) is 30.3 Å². The molecule has 2 atom stereocenters. The highest BCUT2D eigenvalue weighted by molar-refractivity contribution is 8.00. The molecule has 0 spiro atoms. The lowest BCUT2D eigenvalue weighted by atomic mass is 10.1. The zero-order chi connectivity index (χ0) is 13.2. The topological polar surface area (TPSA) is 52.3 Å². The number of rotatable bonds is 3. The van der Waals surface area contributed by atoms with Gasteiger partial charge in [-0.1, -0.05) is 18.2 Å². The van der Waals surface area contributed by atoms with Crippen LogP contribution in [0.15, 0.2) is 30.3 Å². The van der Waals surface area contributed by atoms with Crippen molar-refractivity contribution in [1.82, 2.24) is 0 Å². The summed E-state index contributed by atoms with van der Waals surface area (Å²) in [4.78, 5) is 11.6. The zero-order valence-corrected chi connectivity index (χ0v) is 10.3. The normalized spacial score (nSPS) is 25.9. The minimum Gasteiger partial charge on any atom is -0.461 e. The van der Waals surface area contributed by atoms with Crippen LogP contribution in [0.4, 0.5) is 8.78 Å². The van der Waals surface area contributed by atoms with Crippen LogP contribution in [0, 0.1) is 0 Å². The molecule has 0 aromatic heterocycles. The maximum atomic E-state index is 13.5. The first-order valence-corrected chi connectivity index (χ1v) is 6.54. The Balaban J connectivity index is 1.91. The van der Waals surface area contributed by atoms with E-state index in [4.69, 9.17) is 10.5 Å². The minimum atomic E-state index is -2.98. The first-order chi connectivity index (χ1) is 8.51. The summed E-state index contributed by atoms with van der Waals surface area (Å²) < 4.78 is 31.9. The van der Waals surface area contributed by atoms with Crippen LogP contribution in [-0.2, 0) is 4.74 Å². The van der Waals surface area contributed by atoms with Crippen LogP contribution in [0.25, 0.3) is 0 Å². The number of ether oxygens (including phenoxy) is 1. The maximum absolute atomic E-state index is 13.5. The average Bonchev–Trinajstić information content (AvgIpc) is 2.63. The maximum Gasteiger partial charge on any atom is 0.338 e. The van der Waals surface area contributed by atoms with Crippen molar-refractivity contribution < 1.29 is 18.3 Å². The molecule has 2 rings (SSSR count). The van der Waals surface area contributed by atoms with Crippen molar-refractivity contribution in [2.45, 2.75) is 17.2 Å². The molecule has 0 bridgehead atoms. The summed E-state index contributed by atoms with van der Waals surface area (Å²) in [7, 11) is 0. The third-order valence-electron chi connectivity index (χ3n) is 2.78. The van der Waals surface area contributed by atoms with Gasteiger partial charge in [-0.05, 0) is 12.1 Å². The fourth-order valence-electron chi connectivity index (χ4n) is 1.65. The van der Waals surface area contributed by atoms with Crippen molar-refractivity contribution >= 4 is 17.7 Å². The van der Waals surface area contributed by atoms with Gasteiger partial charge in [0.05, 0.1) is 11.6 Å². The molecule has 1 aromatic rings. The van der Waals surface area contributed by atoms with Gasteiger partial charge in [-0.3, -0.25) is 0 Å². The molecule has 1 fully saturated rings. The van der Waals surface area contributed by atoms with Gasteiger partial charge in [-0.25, -0.2) is 13.6 Å². The van der Waals surface area contributed by atoms with Crippen molar-refractivity contribution in [2.24, 2.45) is 5.73 Å². The number of esters is 1. The van der Waals surface area contributed by atoms with Gasteiger partial charge in [0.25, 0.3) is 5.92 Å². The van der Waals surface area contributed by atoms with E-state index < -0.39 is 23.2 Å². The Hall–Kier alpha value is -1.14. The van der Waals surface area contributed by atoms with Crippen molar-refractivity contribution in [3.8, 4) is 0 Å². The Morgan fingerprint density at radius 3 is 2.67 bits per heavy atom. The fourth-order valence-corrected chi connectivity index (χ4v) is 2.87. The second-order valence-electron chi connectivity index (χ2n) is 4.07. The number of thioether (sulfide) groups is 1. The van der Waals surface area contributed by atoms with Crippen molar-refractivity contribution in [1.29, 1.82) is 0 Å². The molecule has 18 heavy (non-hydrogen) atoms. The van der Waals surface area contributed by atoms with Gasteiger partial charge >= 0.3 is 5.97 Å². The predicted octanol–water partition coefficient (Wildman–Crippen LogP) is 1.92. The quantitative estimate of drug-likeness (QED) is 0.855. The number of nitrogens with two attached hydrogens (primary N) is 1. The standard InChI is InChI=1S/C12H13F2NO2S/c13-12(14)9(15)7-18-10(12)6-17-11(16)8-4-2-1-3-5-8/h1-5,9-10H,6-7,15H2/t9-,10+/m1/s1. The molecular weight excluding hydrogens is 260 g/mol. The molecule has 1 aliphatic rings. The number of benzene rings is 1. The number of carbonyl (C=O) groups excluding carboxylic acids is 1. The van der Waals surface area contributed by atoms with E-state index in [0.29, 0.717) is 5.56 Å². The van der Waals surface area contributed by atoms with E-state index in [9.17, 15) is 13.6 Å². The minimum absolute atomic E-state index is 0.181. The lowest BCUT2D eigenvalue weighted by molar-refractivity contribution is -0.0288. The van der Waals surface area contributed by atoms with E-state index in [2.05, 4.69) is 0 Å². The van der Waals surface area contributed by atoms with E-state index >= 15 is 0 Å². The van der Waals surface area contributed by atoms with E-state index in [0.717, 1.165) is 11.8 Å². The van der Waals surface area contributed by atoms with Gasteiger partial charge in [0.2, 0.25) is 0 Å². The molecular formula is C12H13F2NO2S. The van der Waals surface area contributed by atoms with Gasteiger partial charge in [0, 0.05) is 5.75 Å². The Bertz CT molecular complexity index is 427. The summed E-state index contributed by atoms with van der Waals surface area (Å²) in [6.45, 7) is -0.320. The van der Waals surface area contributed by atoms with Crippen LogP contribution in [0.3, 0.4) is 0 Å². The van der Waals surface area contributed by atoms with Crippen LogP contribution < -0.4 is 5.73 Å². The Morgan fingerprint density at radius 1 is 1.44 bits per heavy atom. The molecule has 1 aromatic carbocycles. The number of hydrogen-bond donors (Lipinski definition) is 1. The summed E-state index contributed by atoms with van der Waals surface area (Å²) in [6.07, 6.45) is 0. The largest absolute Gasteiger partial charge is 0.461 e. The molecule has 1 aliphatic heterocycles. The Morgan fingerprint density at radius 2 is 2.11 bits per heavy atom. The Kier molecular flexibility index (Phi) is 3.87. The predicted molar refractivity (Wildman–Crippen MR) is 65.9 cm³/mol. The van der Waals surface area contributed by atoms with Crippen LogP contribution >= 0.6 is 11.8 Å². The summed E-state index contributed by atoms with van der Waals surface area (Å²) in [5, 5.41) is -1.06. The second-order valence-corrected chi connectivity index (χ2v) is 5.30. The van der Waals surface area contributed by atoms with Gasteiger partial charge in [-0.15, -0.1) is 11.8 Å². The number of hydrogen-bond acceptors (Lipinski definition) is 4. The monoisotopic (exact) mass is 273 g/mol. The van der Waals surface area contributed by atoms with Crippen LogP contribution in [0.5, 0.6) is 0 Å². The lowest BCUT2D eigenvalue weighted by Gasteiger charge is -2.20. The molecule has 2 N–H and O–H groups in total. The first kappa shape index (κ1) is 13.3. The van der Waals surface area contributed by atoms with Crippen LogP contribution in [0.1, 0.15) is 10.4 Å². The summed E-state index contributed by atoms with van der Waals surface area (Å²) in [5.41, 5.74) is 5.66. The number of halogens is 2. The highest BCUT2D eigenvalue weighted by Gasteiger charge is 2.51. The molecule has 3 nitrogen and oxygen atoms in total. The zero-order valence-electron chi connectivity index (χ0n) is 9.51. The third-order valence-corrected chi connectivity index (χ3v) is 4.18. The summed E-state index contributed by atoms with van der Waals surface area (Å²) in [5.74, 6) is -3.39. The highest BCUT2D eigenvalue weighted by atomic mass is 32.2. The van der Waals surface area contributed by atoms with Gasteiger partial charge in [-0.2, -0.15) is 0 Å². The van der Waals surface area contributed by atoms with Crippen molar-refractivity contribution in [3.05, 3.63) is 35.9 Å². The lowest BCUT2D eigenvalue weighted by Crippen LogP contribution is -2.45. The summed E-state index contributed by atoms with van der Waals surface area (Å²) in [6, 6.07) is 7.12. The van der Waals surface area contributed by atoms with Gasteiger partial charge in [0.15, 0.2) is 0 Å². The number of alkyl halides is 2. The SMILES string of the molecule is N[C@@H]1CS[C@@H](COC(=O)c2ccccc2)C1(F)F. The number of carbonyl (C=O) groups is 1. The van der Waals surface area contributed by atoms with Crippen molar-refractivity contribution in [3.63, 3.8) is 0 Å². The molecule has 6 heteroatoms. The smallest absolute Gasteiger partial charge is 0.338 e. The van der Waals surface area contributed by atoms with Crippen LogP contribution in [0.2, 0.25) is 0 Å². The van der Waals surface area contributed by atoms with E-state index in [1.165, 1.54) is 0 Å². The summed E-state index contributed by atoms with van der Waals surface area (Å²) >= 11 is 1.04. The van der Waals surface area contributed by atoms with E-state index in [1.807, 2.05) is 0 Å². The van der Waals surface area contributed by atoms with E-state index in [-0.39, 0.29) is 12.4 Å². The van der Waals surface area contributed by atoms with Gasteiger partial charge in [0.1, 0.15) is 11.9 Å². The molecule has 1 heterocycles. The molecule has 0 amide bonds. The molecule has 98 valence electrons. The highest BCUT2D eigenvalue weighted by Crippen LogP contribution is 2.39. The molecule has 0 radical (unpaired) electrons.